The Hall–Kier alpha value is -2.18. The fraction of sp³-hybridized carbons (Fsp3) is 0.593. The van der Waals surface area contributed by atoms with Gasteiger partial charge < -0.3 is 10.7 Å². The van der Waals surface area contributed by atoms with E-state index in [-0.39, 0.29) is 5.56 Å². The van der Waals surface area contributed by atoms with Crippen molar-refractivity contribution in [3.63, 3.8) is 0 Å². The zero-order valence-electron chi connectivity index (χ0n) is 22.7. The number of halogens is 1. The van der Waals surface area contributed by atoms with Gasteiger partial charge in [-0.1, -0.05) is 78.1 Å². The van der Waals surface area contributed by atoms with Gasteiger partial charge in [0.15, 0.2) is 5.65 Å². The minimum Gasteiger partial charge on any atom is -0.330 e. The van der Waals surface area contributed by atoms with Gasteiger partial charge in [0.25, 0.3) is 5.56 Å². The monoisotopic (exact) mass is 491 g/mol. The number of aryl methyl sites for hydroxylation is 3. The molecule has 7 heteroatoms. The normalized spacial score (nSPS) is 10.4. The lowest BCUT2D eigenvalue weighted by Crippen LogP contribution is -2.26. The molecule has 1 aromatic carbocycles. The Balaban J connectivity index is 0.000000473. The summed E-state index contributed by atoms with van der Waals surface area (Å²) in [5.74, 6) is 0.589. The summed E-state index contributed by atoms with van der Waals surface area (Å²) in [4.78, 5) is 18.2. The topological polar surface area (TPSA) is 100 Å². The van der Waals surface area contributed by atoms with Crippen LogP contribution in [0.25, 0.3) is 11.0 Å². The zero-order valence-corrected chi connectivity index (χ0v) is 23.5. The number of H-pyrrole nitrogens is 2. The van der Waals surface area contributed by atoms with Gasteiger partial charge in [-0.3, -0.25) is 9.89 Å². The van der Waals surface area contributed by atoms with Crippen molar-refractivity contribution in [2.24, 2.45) is 11.1 Å². The number of nitrogens with two attached hydrogens (primary N) is 1. The highest BCUT2D eigenvalue weighted by atomic mass is 35.5. The van der Waals surface area contributed by atoms with Crippen LogP contribution in [-0.4, -0.2) is 26.7 Å². The Morgan fingerprint density at radius 1 is 1.06 bits per heavy atom. The Kier molecular flexibility index (Phi) is 15.4. The number of hydrogen-bond acceptors (Lipinski definition) is 4. The zero-order chi connectivity index (χ0) is 26.3. The van der Waals surface area contributed by atoms with Gasteiger partial charge >= 0.3 is 0 Å². The average molecular weight is 492 g/mol. The molecule has 3 rings (SSSR count). The van der Waals surface area contributed by atoms with Crippen LogP contribution in [0.2, 0.25) is 5.02 Å². The molecule has 0 unspecified atom stereocenters. The minimum absolute atomic E-state index is 0.117. The summed E-state index contributed by atoms with van der Waals surface area (Å²) < 4.78 is 0. The largest absolute Gasteiger partial charge is 0.330 e. The second kappa shape index (κ2) is 16.4. The van der Waals surface area contributed by atoms with Gasteiger partial charge in [-0.2, -0.15) is 5.10 Å². The molecule has 192 valence electrons. The van der Waals surface area contributed by atoms with E-state index >= 15 is 0 Å². The second-order valence-corrected chi connectivity index (χ2v) is 9.01. The summed E-state index contributed by atoms with van der Waals surface area (Å²) in [7, 11) is 0. The van der Waals surface area contributed by atoms with E-state index in [1.165, 1.54) is 36.8 Å². The number of benzene rings is 1. The highest BCUT2D eigenvalue weighted by molar-refractivity contribution is 6.31. The Bertz CT molecular complexity index is 999. The molecule has 0 bridgehead atoms. The van der Waals surface area contributed by atoms with E-state index in [9.17, 15) is 4.79 Å². The second-order valence-electron chi connectivity index (χ2n) is 8.60. The first-order chi connectivity index (χ1) is 16.1. The van der Waals surface area contributed by atoms with Crippen LogP contribution in [-0.2, 0) is 6.42 Å². The highest BCUT2D eigenvalue weighted by Gasteiger charge is 2.19. The van der Waals surface area contributed by atoms with Gasteiger partial charge in [0.1, 0.15) is 11.2 Å². The number of aromatic nitrogens is 4. The summed E-state index contributed by atoms with van der Waals surface area (Å²) in [6, 6.07) is 5.93. The van der Waals surface area contributed by atoms with Crippen LogP contribution in [0.5, 0.6) is 0 Å². The smallest absolute Gasteiger partial charge is 0.262 e. The number of hydrogen-bond donors (Lipinski definition) is 3. The van der Waals surface area contributed by atoms with Crippen molar-refractivity contribution in [1.29, 1.82) is 0 Å². The van der Waals surface area contributed by atoms with Gasteiger partial charge in [-0.15, -0.1) is 0 Å². The SMILES string of the molecule is CC.CCCC(C)(CN)CCC.CCc1[nH]nc2nc(C)[nH]c(=O)c12.Cc1cccc(Cl)c1C. The third-order valence-electron chi connectivity index (χ3n) is 5.71. The Morgan fingerprint density at radius 3 is 2.09 bits per heavy atom. The van der Waals surface area contributed by atoms with Crippen LogP contribution in [0.3, 0.4) is 0 Å². The number of nitrogens with zero attached hydrogens (tertiary/aromatic N) is 2. The van der Waals surface area contributed by atoms with E-state index in [1.807, 2.05) is 39.8 Å². The van der Waals surface area contributed by atoms with Crippen molar-refractivity contribution in [2.75, 3.05) is 6.54 Å². The van der Waals surface area contributed by atoms with Crippen LogP contribution in [0.1, 0.15) is 89.9 Å². The first kappa shape index (κ1) is 31.8. The fourth-order valence-corrected chi connectivity index (χ4v) is 3.83. The molecule has 0 aliphatic heterocycles. The van der Waals surface area contributed by atoms with Crippen molar-refractivity contribution >= 4 is 22.6 Å². The molecule has 0 radical (unpaired) electrons. The fourth-order valence-electron chi connectivity index (χ4n) is 3.61. The minimum atomic E-state index is -0.117. The van der Waals surface area contributed by atoms with Crippen LogP contribution < -0.4 is 11.3 Å². The predicted molar refractivity (Wildman–Crippen MR) is 148 cm³/mol. The van der Waals surface area contributed by atoms with Crippen molar-refractivity contribution in [3.05, 3.63) is 56.2 Å². The number of rotatable bonds is 6. The van der Waals surface area contributed by atoms with Crippen LogP contribution in [0, 0.1) is 26.2 Å². The average Bonchev–Trinajstić information content (AvgIpc) is 3.23. The van der Waals surface area contributed by atoms with E-state index in [1.54, 1.807) is 6.92 Å². The molecule has 4 N–H and O–H groups in total. The van der Waals surface area contributed by atoms with E-state index in [2.05, 4.69) is 53.9 Å². The van der Waals surface area contributed by atoms with Crippen LogP contribution in [0.4, 0.5) is 0 Å². The van der Waals surface area contributed by atoms with Crippen LogP contribution in [0.15, 0.2) is 23.0 Å². The standard InChI is InChI=1S/C9H21N.C8H9Cl.C8H10N4O.C2H6/c1-4-6-9(3,8-10)7-5-2;1-6-4-3-5-8(9)7(6)2;1-3-5-6-7(12-11-5)9-4(2)10-8(6)13;1-2/h4-8,10H2,1-3H3;3-5H,1-2H3;3H2,1-2H3,(H2,9,10,11,12,13);1-2H3. The first-order valence-corrected chi connectivity index (χ1v) is 12.9. The molecule has 0 saturated heterocycles. The summed E-state index contributed by atoms with van der Waals surface area (Å²) in [5.41, 5.74) is 9.75. The van der Waals surface area contributed by atoms with E-state index in [0.29, 0.717) is 22.3 Å². The predicted octanol–water partition coefficient (Wildman–Crippen LogP) is 7.05. The summed E-state index contributed by atoms with van der Waals surface area (Å²) in [5, 5.41) is 8.19. The Labute approximate surface area is 211 Å². The molecule has 3 aromatic rings. The molecule has 0 amide bonds. The van der Waals surface area contributed by atoms with Crippen LogP contribution >= 0.6 is 11.6 Å². The van der Waals surface area contributed by atoms with Crippen molar-refractivity contribution < 1.29 is 0 Å². The summed E-state index contributed by atoms with van der Waals surface area (Å²) in [6.07, 6.45) is 5.82. The number of aromatic amines is 2. The summed E-state index contributed by atoms with van der Waals surface area (Å²) >= 11 is 5.81. The molecule has 34 heavy (non-hydrogen) atoms. The van der Waals surface area contributed by atoms with Gasteiger partial charge in [-0.25, -0.2) is 4.98 Å². The molecule has 2 heterocycles. The molecule has 2 aromatic heterocycles. The van der Waals surface area contributed by atoms with Crippen molar-refractivity contribution in [2.45, 2.75) is 94.4 Å². The van der Waals surface area contributed by atoms with E-state index in [0.717, 1.165) is 23.7 Å². The molecule has 0 fully saturated rings. The van der Waals surface area contributed by atoms with Gasteiger partial charge in [0, 0.05) is 5.02 Å². The van der Waals surface area contributed by atoms with Gasteiger partial charge in [0.05, 0.1) is 5.69 Å². The van der Waals surface area contributed by atoms with Gasteiger partial charge in [-0.05, 0) is 69.2 Å². The molecule has 0 atom stereocenters. The van der Waals surface area contributed by atoms with Crippen molar-refractivity contribution in [3.8, 4) is 0 Å². The highest BCUT2D eigenvalue weighted by Crippen LogP contribution is 2.27. The molecule has 0 saturated carbocycles. The lowest BCUT2D eigenvalue weighted by Gasteiger charge is -2.26. The third-order valence-corrected chi connectivity index (χ3v) is 6.12. The number of nitrogens with one attached hydrogen (secondary N) is 2. The molecular weight excluding hydrogens is 446 g/mol. The molecule has 6 nitrogen and oxygen atoms in total. The van der Waals surface area contributed by atoms with E-state index < -0.39 is 0 Å². The summed E-state index contributed by atoms with van der Waals surface area (Å²) in [6.45, 7) is 19.4. The van der Waals surface area contributed by atoms with Crippen molar-refractivity contribution in [1.82, 2.24) is 20.2 Å². The quantitative estimate of drug-likeness (QED) is 0.343. The maximum Gasteiger partial charge on any atom is 0.262 e. The lowest BCUT2D eigenvalue weighted by molar-refractivity contribution is 0.277. The molecule has 0 spiro atoms. The lowest BCUT2D eigenvalue weighted by atomic mass is 9.81. The molecule has 0 aliphatic rings. The molecule has 0 aliphatic carbocycles. The molecular formula is C27H46ClN5O. The first-order valence-electron chi connectivity index (χ1n) is 12.5. The van der Waals surface area contributed by atoms with E-state index in [4.69, 9.17) is 17.3 Å². The number of fused-ring (bicyclic) bond motifs is 1. The maximum atomic E-state index is 11.5. The van der Waals surface area contributed by atoms with Gasteiger partial charge in [0.2, 0.25) is 0 Å². The Morgan fingerprint density at radius 2 is 1.65 bits per heavy atom. The maximum absolute atomic E-state index is 11.5. The third kappa shape index (κ3) is 9.98.